The highest BCUT2D eigenvalue weighted by molar-refractivity contribution is 5.45. The molecule has 2 heterocycles. The third kappa shape index (κ3) is 2.34. The molecule has 0 saturated carbocycles. The highest BCUT2D eigenvalue weighted by atomic mass is 16.3. The van der Waals surface area contributed by atoms with Crippen molar-refractivity contribution >= 4 is 5.82 Å². The van der Waals surface area contributed by atoms with Gasteiger partial charge in [-0.1, -0.05) is 18.2 Å². The molecule has 1 aliphatic heterocycles. The Morgan fingerprint density at radius 3 is 2.89 bits per heavy atom. The molecule has 3 N–H and O–H groups in total. The lowest BCUT2D eigenvalue weighted by Crippen LogP contribution is -2.21. The van der Waals surface area contributed by atoms with Crippen LogP contribution in [0.1, 0.15) is 12.0 Å². The Labute approximate surface area is 112 Å². The Morgan fingerprint density at radius 1 is 1.32 bits per heavy atom. The number of rotatable bonds is 3. The number of hydrogen-bond donors (Lipinski definition) is 2. The minimum Gasteiger partial charge on any atom is -0.391 e. The van der Waals surface area contributed by atoms with Gasteiger partial charge >= 0.3 is 0 Å². The van der Waals surface area contributed by atoms with E-state index in [4.69, 9.17) is 5.73 Å². The summed E-state index contributed by atoms with van der Waals surface area (Å²) in [5.74, 6) is 0.906. The van der Waals surface area contributed by atoms with E-state index in [9.17, 15) is 5.11 Å². The highest BCUT2D eigenvalue weighted by Crippen LogP contribution is 2.20. The zero-order chi connectivity index (χ0) is 13.2. The number of nitrogens with zero attached hydrogens (tertiary/aromatic N) is 3. The van der Waals surface area contributed by atoms with Crippen molar-refractivity contribution in [3.8, 4) is 5.69 Å². The molecule has 100 valence electrons. The number of para-hydroxylation sites is 1. The van der Waals surface area contributed by atoms with Crippen LogP contribution in [0.15, 0.2) is 36.5 Å². The molecular formula is C14H18N4O. The van der Waals surface area contributed by atoms with Crippen LogP contribution in [0.25, 0.3) is 5.69 Å². The van der Waals surface area contributed by atoms with E-state index in [0.717, 1.165) is 30.0 Å². The summed E-state index contributed by atoms with van der Waals surface area (Å²) >= 11 is 0. The van der Waals surface area contributed by atoms with Gasteiger partial charge in [0.25, 0.3) is 0 Å². The fourth-order valence-corrected chi connectivity index (χ4v) is 2.47. The number of aliphatic hydroxyl groups is 1. The zero-order valence-corrected chi connectivity index (χ0v) is 10.7. The van der Waals surface area contributed by atoms with Crippen LogP contribution in [0, 0.1) is 0 Å². The molecule has 0 amide bonds. The zero-order valence-electron chi connectivity index (χ0n) is 10.7. The third-order valence-electron chi connectivity index (χ3n) is 3.52. The van der Waals surface area contributed by atoms with Gasteiger partial charge in [0.05, 0.1) is 11.8 Å². The SMILES string of the molecule is NCc1ccccc1-n1ccc(N2CC[C@@H](O)C2)n1. The highest BCUT2D eigenvalue weighted by Gasteiger charge is 2.22. The summed E-state index contributed by atoms with van der Waals surface area (Å²) < 4.78 is 1.85. The lowest BCUT2D eigenvalue weighted by atomic mass is 10.2. The molecule has 0 spiro atoms. The van der Waals surface area contributed by atoms with Crippen LogP contribution in [-0.2, 0) is 6.54 Å². The topological polar surface area (TPSA) is 67.3 Å². The van der Waals surface area contributed by atoms with Crippen molar-refractivity contribution in [1.82, 2.24) is 9.78 Å². The molecule has 1 aromatic carbocycles. The Hall–Kier alpha value is -1.85. The van der Waals surface area contributed by atoms with Gasteiger partial charge in [-0.05, 0) is 18.1 Å². The molecular weight excluding hydrogens is 240 g/mol. The smallest absolute Gasteiger partial charge is 0.151 e. The van der Waals surface area contributed by atoms with Crippen molar-refractivity contribution in [2.75, 3.05) is 18.0 Å². The molecule has 2 aromatic rings. The lowest BCUT2D eigenvalue weighted by molar-refractivity contribution is 0.198. The molecule has 0 aliphatic carbocycles. The molecule has 5 nitrogen and oxygen atoms in total. The van der Waals surface area contributed by atoms with E-state index >= 15 is 0 Å². The first-order valence-electron chi connectivity index (χ1n) is 6.55. The molecule has 1 aliphatic rings. The summed E-state index contributed by atoms with van der Waals surface area (Å²) in [7, 11) is 0. The second-order valence-electron chi connectivity index (χ2n) is 4.84. The first-order chi connectivity index (χ1) is 9.28. The van der Waals surface area contributed by atoms with Gasteiger partial charge < -0.3 is 15.7 Å². The number of anilines is 1. The molecule has 5 heteroatoms. The average Bonchev–Trinajstić information content (AvgIpc) is 3.07. The normalized spacial score (nSPS) is 19.1. The van der Waals surface area contributed by atoms with E-state index in [1.165, 1.54) is 0 Å². The Balaban J connectivity index is 1.88. The molecule has 1 atom stereocenters. The van der Waals surface area contributed by atoms with Gasteiger partial charge in [0.15, 0.2) is 5.82 Å². The van der Waals surface area contributed by atoms with E-state index in [1.807, 2.05) is 41.2 Å². The second-order valence-corrected chi connectivity index (χ2v) is 4.84. The number of β-amino-alcohol motifs (C(OH)–C–C–N with tert-alkyl or cyclic N) is 1. The number of aliphatic hydroxyl groups excluding tert-OH is 1. The van der Waals surface area contributed by atoms with E-state index < -0.39 is 0 Å². The second kappa shape index (κ2) is 5.03. The quantitative estimate of drug-likeness (QED) is 0.858. The van der Waals surface area contributed by atoms with Gasteiger partial charge in [-0.2, -0.15) is 5.10 Å². The summed E-state index contributed by atoms with van der Waals surface area (Å²) in [5, 5.41) is 14.2. The minimum atomic E-state index is -0.235. The first kappa shape index (κ1) is 12.2. The van der Waals surface area contributed by atoms with Crippen LogP contribution in [-0.4, -0.2) is 34.1 Å². The molecule has 1 fully saturated rings. The average molecular weight is 258 g/mol. The van der Waals surface area contributed by atoms with Crippen LogP contribution < -0.4 is 10.6 Å². The van der Waals surface area contributed by atoms with E-state index in [-0.39, 0.29) is 6.10 Å². The first-order valence-corrected chi connectivity index (χ1v) is 6.55. The van der Waals surface area contributed by atoms with Crippen LogP contribution in [0.2, 0.25) is 0 Å². The van der Waals surface area contributed by atoms with Crippen molar-refractivity contribution in [2.24, 2.45) is 5.73 Å². The van der Waals surface area contributed by atoms with Crippen LogP contribution in [0.5, 0.6) is 0 Å². The largest absolute Gasteiger partial charge is 0.391 e. The summed E-state index contributed by atoms with van der Waals surface area (Å²) in [6, 6.07) is 9.96. The molecule has 19 heavy (non-hydrogen) atoms. The summed E-state index contributed by atoms with van der Waals surface area (Å²) in [4.78, 5) is 2.10. The maximum Gasteiger partial charge on any atom is 0.151 e. The molecule has 0 bridgehead atoms. The summed E-state index contributed by atoms with van der Waals surface area (Å²) in [6.45, 7) is 2.01. The standard InChI is InChI=1S/C14H18N4O/c15-9-11-3-1-2-4-13(11)18-8-6-14(16-18)17-7-5-12(19)10-17/h1-4,6,8,12,19H,5,7,9-10,15H2/t12-/m1/s1. The van der Waals surface area contributed by atoms with Crippen molar-refractivity contribution in [1.29, 1.82) is 0 Å². The fraction of sp³-hybridized carbons (Fsp3) is 0.357. The predicted octanol–water partition coefficient (Wildman–Crippen LogP) is 0.902. The number of hydrogen-bond acceptors (Lipinski definition) is 4. The van der Waals surface area contributed by atoms with E-state index in [2.05, 4.69) is 10.00 Å². The summed E-state index contributed by atoms with van der Waals surface area (Å²) in [6.07, 6.45) is 2.52. The van der Waals surface area contributed by atoms with Gasteiger partial charge in [-0.25, -0.2) is 4.68 Å². The van der Waals surface area contributed by atoms with Gasteiger partial charge in [-0.3, -0.25) is 0 Å². The Kier molecular flexibility index (Phi) is 3.23. The molecule has 1 saturated heterocycles. The maximum atomic E-state index is 9.57. The van der Waals surface area contributed by atoms with Gasteiger partial charge in [0.2, 0.25) is 0 Å². The summed E-state index contributed by atoms with van der Waals surface area (Å²) in [5.41, 5.74) is 7.83. The van der Waals surface area contributed by atoms with Crippen molar-refractivity contribution in [3.05, 3.63) is 42.1 Å². The Bertz CT molecular complexity index is 566. The monoisotopic (exact) mass is 258 g/mol. The molecule has 0 radical (unpaired) electrons. The van der Waals surface area contributed by atoms with Gasteiger partial charge in [-0.15, -0.1) is 0 Å². The van der Waals surface area contributed by atoms with Crippen LogP contribution in [0.3, 0.4) is 0 Å². The number of aromatic nitrogens is 2. The van der Waals surface area contributed by atoms with E-state index in [1.54, 1.807) is 0 Å². The third-order valence-corrected chi connectivity index (χ3v) is 3.52. The van der Waals surface area contributed by atoms with Crippen molar-refractivity contribution in [3.63, 3.8) is 0 Å². The number of nitrogens with two attached hydrogens (primary N) is 1. The van der Waals surface area contributed by atoms with Crippen LogP contribution >= 0.6 is 0 Å². The van der Waals surface area contributed by atoms with Crippen molar-refractivity contribution in [2.45, 2.75) is 19.1 Å². The van der Waals surface area contributed by atoms with Gasteiger partial charge in [0.1, 0.15) is 0 Å². The van der Waals surface area contributed by atoms with Crippen LogP contribution in [0.4, 0.5) is 5.82 Å². The maximum absolute atomic E-state index is 9.57. The van der Waals surface area contributed by atoms with Gasteiger partial charge in [0, 0.05) is 31.9 Å². The lowest BCUT2D eigenvalue weighted by Gasteiger charge is -2.14. The minimum absolute atomic E-state index is 0.235. The van der Waals surface area contributed by atoms with Crippen molar-refractivity contribution < 1.29 is 5.11 Å². The fourth-order valence-electron chi connectivity index (χ4n) is 2.47. The molecule has 0 unspecified atom stereocenters. The Morgan fingerprint density at radius 2 is 2.16 bits per heavy atom. The molecule has 3 rings (SSSR count). The van der Waals surface area contributed by atoms with E-state index in [0.29, 0.717) is 13.1 Å². The number of benzene rings is 1. The predicted molar refractivity (Wildman–Crippen MR) is 74.3 cm³/mol. The molecule has 1 aromatic heterocycles.